The van der Waals surface area contributed by atoms with Gasteiger partial charge in [0.05, 0.1) is 5.69 Å². The first kappa shape index (κ1) is 18.7. The van der Waals surface area contributed by atoms with Crippen LogP contribution >= 0.6 is 0 Å². The number of aromatic nitrogens is 3. The number of rotatable bonds is 2. The predicted molar refractivity (Wildman–Crippen MR) is 97.9 cm³/mol. The lowest BCUT2D eigenvalue weighted by molar-refractivity contribution is 0.0139. The smallest absolute Gasteiger partial charge is 0.410 e. The van der Waals surface area contributed by atoms with E-state index in [1.165, 1.54) is 0 Å². The van der Waals surface area contributed by atoms with Gasteiger partial charge in [0, 0.05) is 26.2 Å². The molecule has 3 rings (SSSR count). The fourth-order valence-electron chi connectivity index (χ4n) is 2.73. The fourth-order valence-corrected chi connectivity index (χ4v) is 2.73. The number of carbonyl (C=O) groups excluding carboxylic acids is 2. The lowest BCUT2D eigenvalue weighted by Gasteiger charge is -2.35. The molecule has 9 nitrogen and oxygen atoms in total. The first-order valence-corrected chi connectivity index (χ1v) is 8.76. The highest BCUT2D eigenvalue weighted by molar-refractivity contribution is 5.90. The molecule has 1 aliphatic heterocycles. The molecule has 0 saturated carbocycles. The summed E-state index contributed by atoms with van der Waals surface area (Å²) in [6.45, 7) is 6.85. The van der Waals surface area contributed by atoms with E-state index in [0.717, 1.165) is 4.68 Å². The van der Waals surface area contributed by atoms with E-state index in [2.05, 4.69) is 10.1 Å². The molecule has 1 fully saturated rings. The van der Waals surface area contributed by atoms with Crippen LogP contribution in [0.5, 0.6) is 0 Å². The van der Waals surface area contributed by atoms with Gasteiger partial charge in [0.2, 0.25) is 5.82 Å². The largest absolute Gasteiger partial charge is 0.444 e. The van der Waals surface area contributed by atoms with Gasteiger partial charge in [-0.1, -0.05) is 18.2 Å². The van der Waals surface area contributed by atoms with Crippen molar-refractivity contribution in [3.8, 4) is 5.69 Å². The van der Waals surface area contributed by atoms with Crippen LogP contribution in [0.4, 0.5) is 4.79 Å². The summed E-state index contributed by atoms with van der Waals surface area (Å²) in [5, 5.41) is 4.11. The first-order chi connectivity index (χ1) is 12.7. The van der Waals surface area contributed by atoms with Gasteiger partial charge < -0.3 is 14.5 Å². The van der Waals surface area contributed by atoms with Crippen molar-refractivity contribution in [1.29, 1.82) is 0 Å². The van der Waals surface area contributed by atoms with Crippen molar-refractivity contribution < 1.29 is 14.3 Å². The summed E-state index contributed by atoms with van der Waals surface area (Å²) in [6, 6.07) is 8.87. The molecular formula is C18H23N5O4. The molecule has 0 bridgehead atoms. The lowest BCUT2D eigenvalue weighted by Crippen LogP contribution is -2.51. The van der Waals surface area contributed by atoms with Gasteiger partial charge in [0.15, 0.2) is 0 Å². The Balaban J connectivity index is 1.65. The summed E-state index contributed by atoms with van der Waals surface area (Å²) >= 11 is 0. The van der Waals surface area contributed by atoms with Crippen LogP contribution in [0.15, 0.2) is 35.1 Å². The van der Waals surface area contributed by atoms with E-state index in [4.69, 9.17) is 4.74 Å². The van der Waals surface area contributed by atoms with Crippen molar-refractivity contribution in [2.45, 2.75) is 26.4 Å². The highest BCUT2D eigenvalue weighted by atomic mass is 16.6. The molecular weight excluding hydrogens is 350 g/mol. The highest BCUT2D eigenvalue weighted by Gasteiger charge is 2.29. The zero-order valence-corrected chi connectivity index (χ0v) is 15.6. The van der Waals surface area contributed by atoms with Crippen LogP contribution in [0.25, 0.3) is 5.69 Å². The second-order valence-corrected chi connectivity index (χ2v) is 7.29. The van der Waals surface area contributed by atoms with Crippen molar-refractivity contribution in [2.24, 2.45) is 0 Å². The number of aromatic amines is 1. The Morgan fingerprint density at radius 2 is 1.63 bits per heavy atom. The van der Waals surface area contributed by atoms with E-state index in [9.17, 15) is 14.4 Å². The van der Waals surface area contributed by atoms with Crippen LogP contribution in [-0.2, 0) is 4.74 Å². The number of hydrogen-bond donors (Lipinski definition) is 1. The Hall–Kier alpha value is -3.10. The third-order valence-corrected chi connectivity index (χ3v) is 4.04. The van der Waals surface area contributed by atoms with Crippen LogP contribution < -0.4 is 5.69 Å². The van der Waals surface area contributed by atoms with Crippen LogP contribution in [-0.4, -0.2) is 68.3 Å². The number of amides is 2. The first-order valence-electron chi connectivity index (χ1n) is 8.76. The molecule has 2 amide bonds. The highest BCUT2D eigenvalue weighted by Crippen LogP contribution is 2.13. The molecule has 0 atom stereocenters. The molecule has 0 unspecified atom stereocenters. The maximum absolute atomic E-state index is 12.6. The summed E-state index contributed by atoms with van der Waals surface area (Å²) in [7, 11) is 0. The quantitative estimate of drug-likeness (QED) is 0.854. The Morgan fingerprint density at radius 3 is 2.22 bits per heavy atom. The minimum absolute atomic E-state index is 0.0189. The van der Waals surface area contributed by atoms with E-state index < -0.39 is 17.4 Å². The minimum atomic E-state index is -0.562. The average Bonchev–Trinajstić information content (AvgIpc) is 3.02. The number of nitrogens with one attached hydrogen (secondary N) is 1. The molecule has 1 N–H and O–H groups in total. The average molecular weight is 373 g/mol. The standard InChI is InChI=1S/C18H23N5O4/c1-18(2,3)27-17(26)22-11-9-21(10-12-22)15(24)14-19-16(25)23(20-14)13-7-5-4-6-8-13/h4-8H,9-12H2,1-3H3,(H,19,20,25). The summed E-state index contributed by atoms with van der Waals surface area (Å²) in [5.74, 6) is -0.389. The lowest BCUT2D eigenvalue weighted by atomic mass is 10.2. The van der Waals surface area contributed by atoms with E-state index in [-0.39, 0.29) is 11.7 Å². The van der Waals surface area contributed by atoms with Crippen LogP contribution in [0.1, 0.15) is 31.4 Å². The van der Waals surface area contributed by atoms with Gasteiger partial charge in [0.25, 0.3) is 5.91 Å². The Labute approximate surface area is 156 Å². The van der Waals surface area contributed by atoms with Crippen molar-refractivity contribution in [3.63, 3.8) is 0 Å². The van der Waals surface area contributed by atoms with E-state index in [0.29, 0.717) is 31.9 Å². The molecule has 0 aliphatic carbocycles. The number of ether oxygens (including phenoxy) is 1. The van der Waals surface area contributed by atoms with Gasteiger partial charge in [-0.25, -0.2) is 9.59 Å². The molecule has 1 aromatic heterocycles. The number of benzene rings is 1. The Kier molecular flexibility index (Phi) is 5.02. The zero-order chi connectivity index (χ0) is 19.6. The summed E-state index contributed by atoms with van der Waals surface area (Å²) in [5.41, 5.74) is -0.460. The molecule has 2 heterocycles. The van der Waals surface area contributed by atoms with Crippen LogP contribution in [0.2, 0.25) is 0 Å². The van der Waals surface area contributed by atoms with E-state index in [1.807, 2.05) is 26.8 Å². The molecule has 1 saturated heterocycles. The second kappa shape index (κ2) is 7.26. The molecule has 144 valence electrons. The Bertz CT molecular complexity index is 873. The topological polar surface area (TPSA) is 101 Å². The number of piperazine rings is 1. The normalized spacial score (nSPS) is 14.9. The number of para-hydroxylation sites is 1. The molecule has 2 aromatic rings. The predicted octanol–water partition coefficient (Wildman–Crippen LogP) is 1.25. The van der Waals surface area contributed by atoms with E-state index >= 15 is 0 Å². The van der Waals surface area contributed by atoms with Gasteiger partial charge in [-0.15, -0.1) is 5.10 Å². The SMILES string of the molecule is CC(C)(C)OC(=O)N1CCN(C(=O)c2nn(-c3ccccc3)c(=O)[nH]2)CC1. The van der Waals surface area contributed by atoms with Crippen molar-refractivity contribution >= 4 is 12.0 Å². The van der Waals surface area contributed by atoms with Crippen LogP contribution in [0, 0.1) is 0 Å². The van der Waals surface area contributed by atoms with Crippen LogP contribution in [0.3, 0.4) is 0 Å². The second-order valence-electron chi connectivity index (χ2n) is 7.29. The summed E-state index contributed by atoms with van der Waals surface area (Å²) < 4.78 is 6.50. The molecule has 0 spiro atoms. The molecule has 1 aliphatic rings. The third kappa shape index (κ3) is 4.36. The van der Waals surface area contributed by atoms with Crippen molar-refractivity contribution in [1.82, 2.24) is 24.6 Å². The maximum Gasteiger partial charge on any atom is 0.410 e. The number of nitrogens with zero attached hydrogens (tertiary/aromatic N) is 4. The van der Waals surface area contributed by atoms with Gasteiger partial charge in [-0.3, -0.25) is 9.78 Å². The summed E-state index contributed by atoms with van der Waals surface area (Å²) in [4.78, 5) is 42.5. The number of carbonyl (C=O) groups is 2. The van der Waals surface area contributed by atoms with E-state index in [1.54, 1.807) is 34.1 Å². The monoisotopic (exact) mass is 373 g/mol. The van der Waals surface area contributed by atoms with Gasteiger partial charge in [-0.2, -0.15) is 4.68 Å². The zero-order valence-electron chi connectivity index (χ0n) is 15.6. The molecule has 27 heavy (non-hydrogen) atoms. The van der Waals surface area contributed by atoms with Gasteiger partial charge in [0.1, 0.15) is 5.60 Å². The van der Waals surface area contributed by atoms with Gasteiger partial charge in [-0.05, 0) is 32.9 Å². The number of hydrogen-bond acceptors (Lipinski definition) is 5. The fraction of sp³-hybridized carbons (Fsp3) is 0.444. The molecule has 0 radical (unpaired) electrons. The molecule has 1 aromatic carbocycles. The minimum Gasteiger partial charge on any atom is -0.444 e. The van der Waals surface area contributed by atoms with Crippen molar-refractivity contribution in [3.05, 3.63) is 46.6 Å². The summed E-state index contributed by atoms with van der Waals surface area (Å²) in [6.07, 6.45) is -0.392. The van der Waals surface area contributed by atoms with Gasteiger partial charge >= 0.3 is 11.8 Å². The number of H-pyrrole nitrogens is 1. The molecule has 9 heteroatoms. The van der Waals surface area contributed by atoms with Crippen molar-refractivity contribution in [2.75, 3.05) is 26.2 Å². The maximum atomic E-state index is 12.6. The Morgan fingerprint density at radius 1 is 1.04 bits per heavy atom. The third-order valence-electron chi connectivity index (χ3n) is 4.04.